The number of sulfonamides is 1. The highest BCUT2D eigenvalue weighted by molar-refractivity contribution is 7.89. The number of ether oxygens (including phenoxy) is 1. The molecule has 5 nitrogen and oxygen atoms in total. The lowest BCUT2D eigenvalue weighted by molar-refractivity contribution is 0.219. The van der Waals surface area contributed by atoms with Gasteiger partial charge < -0.3 is 10.1 Å². The van der Waals surface area contributed by atoms with Gasteiger partial charge in [-0.3, -0.25) is 0 Å². The Hall–Kier alpha value is -1.11. The quantitative estimate of drug-likeness (QED) is 0.920. The monoisotopic (exact) mass is 312 g/mol. The van der Waals surface area contributed by atoms with Gasteiger partial charge in [-0.05, 0) is 51.4 Å². The van der Waals surface area contributed by atoms with E-state index >= 15 is 0 Å². The van der Waals surface area contributed by atoms with Crippen molar-refractivity contribution in [1.82, 2.24) is 9.62 Å². The Labute approximate surface area is 127 Å². The number of nitrogens with one attached hydrogen (secondary N) is 1. The highest BCUT2D eigenvalue weighted by Crippen LogP contribution is 2.31. The maximum absolute atomic E-state index is 12.8. The van der Waals surface area contributed by atoms with E-state index in [0.29, 0.717) is 18.8 Å². The fraction of sp³-hybridized carbons (Fsp3) is 0.600. The lowest BCUT2D eigenvalue weighted by Crippen LogP contribution is -2.51. The van der Waals surface area contributed by atoms with Crippen LogP contribution >= 0.6 is 0 Å². The fourth-order valence-corrected chi connectivity index (χ4v) is 4.28. The smallest absolute Gasteiger partial charge is 0.246 e. The molecule has 1 heterocycles. The van der Waals surface area contributed by atoms with Gasteiger partial charge in [0.15, 0.2) is 0 Å². The molecule has 0 aromatic heterocycles. The summed E-state index contributed by atoms with van der Waals surface area (Å²) in [4.78, 5) is 0.262. The van der Waals surface area contributed by atoms with E-state index in [-0.39, 0.29) is 10.4 Å². The Morgan fingerprint density at radius 3 is 2.43 bits per heavy atom. The Morgan fingerprint density at radius 2 is 1.90 bits per heavy atom. The predicted molar refractivity (Wildman–Crippen MR) is 83.2 cm³/mol. The van der Waals surface area contributed by atoms with Crippen molar-refractivity contribution < 1.29 is 13.2 Å². The molecule has 0 radical (unpaired) electrons. The number of hydrogen-bond acceptors (Lipinski definition) is 4. The van der Waals surface area contributed by atoms with Gasteiger partial charge in [0, 0.05) is 18.6 Å². The van der Waals surface area contributed by atoms with E-state index < -0.39 is 10.0 Å². The van der Waals surface area contributed by atoms with Crippen LogP contribution in [0.3, 0.4) is 0 Å². The Morgan fingerprint density at radius 1 is 1.29 bits per heavy atom. The van der Waals surface area contributed by atoms with Gasteiger partial charge >= 0.3 is 0 Å². The van der Waals surface area contributed by atoms with Crippen LogP contribution in [-0.2, 0) is 10.0 Å². The van der Waals surface area contributed by atoms with Gasteiger partial charge in [0.1, 0.15) is 10.6 Å². The second-order valence-electron chi connectivity index (χ2n) is 5.87. The Balaban J connectivity index is 2.30. The van der Waals surface area contributed by atoms with Crippen molar-refractivity contribution >= 4 is 10.0 Å². The minimum Gasteiger partial charge on any atom is -0.495 e. The molecule has 0 spiro atoms. The van der Waals surface area contributed by atoms with E-state index in [2.05, 4.69) is 12.2 Å². The lowest BCUT2D eigenvalue weighted by Gasteiger charge is -2.38. The van der Waals surface area contributed by atoms with Gasteiger partial charge in [0.25, 0.3) is 0 Å². The van der Waals surface area contributed by atoms with Gasteiger partial charge in [-0.2, -0.15) is 4.31 Å². The molecule has 0 amide bonds. The first kappa shape index (κ1) is 16.3. The average Bonchev–Trinajstić information content (AvgIpc) is 2.47. The van der Waals surface area contributed by atoms with Crippen molar-refractivity contribution in [3.05, 3.63) is 23.8 Å². The fourth-order valence-electron chi connectivity index (χ4n) is 2.59. The van der Waals surface area contributed by atoms with Crippen LogP contribution in [0.5, 0.6) is 5.75 Å². The number of methoxy groups -OCH3 is 1. The molecule has 0 atom stereocenters. The number of piperidine rings is 1. The highest BCUT2D eigenvalue weighted by Gasteiger charge is 2.35. The summed E-state index contributed by atoms with van der Waals surface area (Å²) in [5.74, 6) is 0.405. The Kier molecular flexibility index (Phi) is 4.60. The molecule has 2 rings (SSSR count). The van der Waals surface area contributed by atoms with E-state index in [9.17, 15) is 8.42 Å². The lowest BCUT2D eigenvalue weighted by atomic mass is 9.91. The van der Waals surface area contributed by atoms with Crippen LogP contribution in [0.25, 0.3) is 0 Å². The summed E-state index contributed by atoms with van der Waals surface area (Å²) < 4.78 is 32.5. The van der Waals surface area contributed by atoms with Crippen LogP contribution in [0.1, 0.15) is 25.3 Å². The first-order valence-corrected chi connectivity index (χ1v) is 8.60. The van der Waals surface area contributed by atoms with E-state index in [1.165, 1.54) is 7.11 Å². The van der Waals surface area contributed by atoms with E-state index in [4.69, 9.17) is 4.74 Å². The summed E-state index contributed by atoms with van der Waals surface area (Å²) in [6.07, 6.45) is 1.60. The number of aryl methyl sites for hydroxylation is 1. The molecule has 118 valence electrons. The Bertz CT molecular complexity index is 605. The van der Waals surface area contributed by atoms with E-state index in [0.717, 1.165) is 18.4 Å². The van der Waals surface area contributed by atoms with Crippen molar-refractivity contribution in [3.8, 4) is 5.75 Å². The molecular formula is C15H24N2O3S. The summed E-state index contributed by atoms with van der Waals surface area (Å²) in [7, 11) is -0.0828. The first-order valence-electron chi connectivity index (χ1n) is 7.16. The van der Waals surface area contributed by atoms with Crippen molar-refractivity contribution in [3.63, 3.8) is 0 Å². The topological polar surface area (TPSA) is 58.6 Å². The minimum absolute atomic E-state index is 0.0166. The normalized spacial score (nSPS) is 19.4. The zero-order valence-electron chi connectivity index (χ0n) is 13.1. The number of benzene rings is 1. The molecule has 1 aliphatic rings. The molecule has 0 unspecified atom stereocenters. The van der Waals surface area contributed by atoms with Gasteiger partial charge in [0.2, 0.25) is 10.0 Å². The molecule has 21 heavy (non-hydrogen) atoms. The minimum atomic E-state index is -3.51. The number of hydrogen-bond donors (Lipinski definition) is 1. The van der Waals surface area contributed by atoms with Gasteiger partial charge in [-0.25, -0.2) is 8.42 Å². The van der Waals surface area contributed by atoms with Crippen LogP contribution in [0.15, 0.2) is 23.1 Å². The van der Waals surface area contributed by atoms with Crippen molar-refractivity contribution in [2.75, 3.05) is 27.2 Å². The molecule has 0 bridgehead atoms. The second-order valence-corrected chi connectivity index (χ2v) is 7.78. The summed E-state index contributed by atoms with van der Waals surface area (Å²) in [6, 6.07) is 5.25. The largest absolute Gasteiger partial charge is 0.495 e. The number of rotatable bonds is 4. The summed E-state index contributed by atoms with van der Waals surface area (Å²) in [5.41, 5.74) is 0.925. The molecule has 1 aromatic rings. The third-order valence-electron chi connectivity index (χ3n) is 4.37. The molecule has 0 saturated carbocycles. The SMILES string of the molecule is CNC1(C)CCN(S(=O)(=O)c2cc(C)ccc2OC)CC1. The van der Waals surface area contributed by atoms with Crippen LogP contribution in [-0.4, -0.2) is 45.5 Å². The molecule has 1 aromatic carbocycles. The van der Waals surface area contributed by atoms with Crippen LogP contribution < -0.4 is 10.1 Å². The van der Waals surface area contributed by atoms with E-state index in [1.54, 1.807) is 16.4 Å². The highest BCUT2D eigenvalue weighted by atomic mass is 32.2. The second kappa shape index (κ2) is 5.94. The molecule has 1 aliphatic heterocycles. The standard InChI is InChI=1S/C15H24N2O3S/c1-12-5-6-13(20-4)14(11-12)21(18,19)17-9-7-15(2,16-3)8-10-17/h5-6,11,16H,7-10H2,1-4H3. The molecule has 1 N–H and O–H groups in total. The van der Waals surface area contributed by atoms with Gasteiger partial charge in [-0.1, -0.05) is 6.07 Å². The van der Waals surface area contributed by atoms with Crippen molar-refractivity contribution in [2.24, 2.45) is 0 Å². The molecular weight excluding hydrogens is 288 g/mol. The summed E-state index contributed by atoms with van der Waals surface area (Å²) in [6.45, 7) is 5.06. The predicted octanol–water partition coefficient (Wildman–Crippen LogP) is 1.77. The van der Waals surface area contributed by atoms with Crippen LogP contribution in [0.4, 0.5) is 0 Å². The van der Waals surface area contributed by atoms with Crippen molar-refractivity contribution in [2.45, 2.75) is 37.1 Å². The maximum Gasteiger partial charge on any atom is 0.246 e. The summed E-state index contributed by atoms with van der Waals surface area (Å²) >= 11 is 0. The molecule has 1 saturated heterocycles. The maximum atomic E-state index is 12.8. The van der Waals surface area contributed by atoms with Crippen LogP contribution in [0, 0.1) is 6.92 Å². The summed E-state index contributed by atoms with van der Waals surface area (Å²) in [5, 5.41) is 3.28. The van der Waals surface area contributed by atoms with Gasteiger partial charge in [-0.15, -0.1) is 0 Å². The molecule has 0 aliphatic carbocycles. The zero-order chi connectivity index (χ0) is 15.7. The van der Waals surface area contributed by atoms with E-state index in [1.807, 2.05) is 20.0 Å². The first-order chi connectivity index (χ1) is 9.82. The van der Waals surface area contributed by atoms with Crippen LogP contribution in [0.2, 0.25) is 0 Å². The van der Waals surface area contributed by atoms with Gasteiger partial charge in [0.05, 0.1) is 7.11 Å². The molecule has 1 fully saturated rings. The average molecular weight is 312 g/mol. The third-order valence-corrected chi connectivity index (χ3v) is 6.29. The third kappa shape index (κ3) is 3.22. The van der Waals surface area contributed by atoms with Crippen molar-refractivity contribution in [1.29, 1.82) is 0 Å². The number of nitrogens with zero attached hydrogens (tertiary/aromatic N) is 1. The zero-order valence-corrected chi connectivity index (χ0v) is 14.0. The molecule has 6 heteroatoms.